The summed E-state index contributed by atoms with van der Waals surface area (Å²) in [6, 6.07) is 6.44. The number of benzene rings is 1. The first kappa shape index (κ1) is 11.1. The van der Waals surface area contributed by atoms with Crippen molar-refractivity contribution in [1.29, 1.82) is 0 Å². The van der Waals surface area contributed by atoms with Gasteiger partial charge < -0.3 is 15.8 Å². The van der Waals surface area contributed by atoms with Crippen molar-refractivity contribution in [2.75, 3.05) is 11.1 Å². The van der Waals surface area contributed by atoms with E-state index in [1.165, 1.54) is 6.42 Å². The number of nitrogens with one attached hydrogen (secondary N) is 1. The molecule has 1 aliphatic rings. The Kier molecular flexibility index (Phi) is 2.95. The number of hydrogen-bond donors (Lipinski definition) is 2. The molecule has 0 radical (unpaired) electrons. The molecule has 2 unspecified atom stereocenters. The van der Waals surface area contributed by atoms with Gasteiger partial charge in [-0.3, -0.25) is 0 Å². The molecule has 1 saturated carbocycles. The third-order valence-corrected chi connectivity index (χ3v) is 2.76. The quantitative estimate of drug-likeness (QED) is 0.767. The molecule has 1 aromatic rings. The van der Waals surface area contributed by atoms with Gasteiger partial charge in [0.2, 0.25) is 0 Å². The summed E-state index contributed by atoms with van der Waals surface area (Å²) in [5, 5.41) is 3.46. The third kappa shape index (κ3) is 2.81. The van der Waals surface area contributed by atoms with E-state index < -0.39 is 0 Å². The number of hydrogen-bond acceptors (Lipinski definition) is 3. The van der Waals surface area contributed by atoms with Gasteiger partial charge in [-0.1, -0.05) is 6.92 Å². The van der Waals surface area contributed by atoms with Crippen molar-refractivity contribution in [3.63, 3.8) is 0 Å². The number of nitrogens with two attached hydrogens (primary N) is 1. The van der Waals surface area contributed by atoms with Gasteiger partial charge in [0.15, 0.2) is 0 Å². The molecule has 3 nitrogen and oxygen atoms in total. The first-order valence-electron chi connectivity index (χ1n) is 5.88. The van der Waals surface area contributed by atoms with Gasteiger partial charge in [-0.15, -0.1) is 0 Å². The highest BCUT2D eigenvalue weighted by molar-refractivity contribution is 5.60. The predicted octanol–water partition coefficient (Wildman–Crippen LogP) is 2.88. The second-order valence-electron chi connectivity index (χ2n) is 4.92. The molecule has 0 bridgehead atoms. The normalized spacial score (nSPS) is 23.2. The van der Waals surface area contributed by atoms with Crippen LogP contribution in [0.1, 0.15) is 27.2 Å². The topological polar surface area (TPSA) is 47.3 Å². The SMILES string of the molecule is CC(C)Oc1cc(N)cc(NC2CC2C)c1. The zero-order valence-corrected chi connectivity index (χ0v) is 10.2. The highest BCUT2D eigenvalue weighted by Crippen LogP contribution is 2.34. The van der Waals surface area contributed by atoms with Crippen LogP contribution in [-0.4, -0.2) is 12.1 Å². The molecule has 0 spiro atoms. The molecule has 0 heterocycles. The second-order valence-corrected chi connectivity index (χ2v) is 4.92. The molecule has 16 heavy (non-hydrogen) atoms. The van der Waals surface area contributed by atoms with Crippen molar-refractivity contribution in [3.05, 3.63) is 18.2 Å². The average molecular weight is 220 g/mol. The molecule has 0 saturated heterocycles. The van der Waals surface area contributed by atoms with Crippen molar-refractivity contribution in [2.24, 2.45) is 5.92 Å². The molecule has 2 rings (SSSR count). The summed E-state index contributed by atoms with van der Waals surface area (Å²) in [6.07, 6.45) is 1.42. The minimum absolute atomic E-state index is 0.175. The first-order valence-corrected chi connectivity index (χ1v) is 5.88. The van der Waals surface area contributed by atoms with Gasteiger partial charge in [0, 0.05) is 29.5 Å². The van der Waals surface area contributed by atoms with Crippen LogP contribution in [0.3, 0.4) is 0 Å². The maximum absolute atomic E-state index is 5.85. The van der Waals surface area contributed by atoms with E-state index in [0.29, 0.717) is 6.04 Å². The van der Waals surface area contributed by atoms with Crippen LogP contribution < -0.4 is 15.8 Å². The fraction of sp³-hybridized carbons (Fsp3) is 0.538. The largest absolute Gasteiger partial charge is 0.491 e. The first-order chi connectivity index (χ1) is 7.54. The van der Waals surface area contributed by atoms with Crippen LogP contribution in [0.25, 0.3) is 0 Å². The van der Waals surface area contributed by atoms with E-state index >= 15 is 0 Å². The van der Waals surface area contributed by atoms with Crippen LogP contribution in [0.2, 0.25) is 0 Å². The van der Waals surface area contributed by atoms with Crippen molar-refractivity contribution < 1.29 is 4.74 Å². The lowest BCUT2D eigenvalue weighted by molar-refractivity contribution is 0.242. The van der Waals surface area contributed by atoms with Gasteiger partial charge in [-0.05, 0) is 32.3 Å². The molecule has 88 valence electrons. The predicted molar refractivity (Wildman–Crippen MR) is 67.8 cm³/mol. The fourth-order valence-corrected chi connectivity index (χ4v) is 1.78. The van der Waals surface area contributed by atoms with Crippen LogP contribution in [-0.2, 0) is 0 Å². The Morgan fingerprint density at radius 2 is 2.06 bits per heavy atom. The Morgan fingerprint density at radius 1 is 1.38 bits per heavy atom. The second kappa shape index (κ2) is 4.24. The standard InChI is InChI=1S/C13H20N2O/c1-8(2)16-12-6-10(14)5-11(7-12)15-13-4-9(13)3/h5-9,13,15H,4,14H2,1-3H3. The highest BCUT2D eigenvalue weighted by atomic mass is 16.5. The number of nitrogen functional groups attached to an aromatic ring is 1. The van der Waals surface area contributed by atoms with E-state index in [9.17, 15) is 0 Å². The van der Waals surface area contributed by atoms with Crippen LogP contribution in [0.15, 0.2) is 18.2 Å². The van der Waals surface area contributed by atoms with E-state index in [4.69, 9.17) is 10.5 Å². The Bertz CT molecular complexity index is 376. The smallest absolute Gasteiger partial charge is 0.123 e. The van der Waals surface area contributed by atoms with Gasteiger partial charge in [-0.25, -0.2) is 0 Å². The molecule has 0 aromatic heterocycles. The maximum atomic E-state index is 5.85. The minimum Gasteiger partial charge on any atom is -0.491 e. The van der Waals surface area contributed by atoms with Crippen molar-refractivity contribution in [3.8, 4) is 5.75 Å². The van der Waals surface area contributed by atoms with E-state index in [1.807, 2.05) is 32.0 Å². The van der Waals surface area contributed by atoms with Gasteiger partial charge in [0.25, 0.3) is 0 Å². The molecule has 1 fully saturated rings. The minimum atomic E-state index is 0.175. The van der Waals surface area contributed by atoms with Crippen molar-refractivity contribution in [1.82, 2.24) is 0 Å². The summed E-state index contributed by atoms with van der Waals surface area (Å²) in [6.45, 7) is 6.27. The van der Waals surface area contributed by atoms with Crippen molar-refractivity contribution in [2.45, 2.75) is 39.3 Å². The summed E-state index contributed by atoms with van der Waals surface area (Å²) in [7, 11) is 0. The Balaban J connectivity index is 2.08. The summed E-state index contributed by atoms with van der Waals surface area (Å²) in [5.41, 5.74) is 7.65. The maximum Gasteiger partial charge on any atom is 0.123 e. The molecule has 2 atom stereocenters. The van der Waals surface area contributed by atoms with E-state index in [0.717, 1.165) is 23.0 Å². The molecular formula is C13H20N2O. The molecule has 3 N–H and O–H groups in total. The van der Waals surface area contributed by atoms with Crippen LogP contribution in [0.4, 0.5) is 11.4 Å². The zero-order valence-electron chi connectivity index (χ0n) is 10.2. The Hall–Kier alpha value is -1.38. The monoisotopic (exact) mass is 220 g/mol. The van der Waals surface area contributed by atoms with Gasteiger partial charge in [-0.2, -0.15) is 0 Å². The van der Waals surface area contributed by atoms with E-state index in [1.54, 1.807) is 0 Å². The van der Waals surface area contributed by atoms with Gasteiger partial charge in [0.1, 0.15) is 5.75 Å². The van der Waals surface area contributed by atoms with Crippen LogP contribution >= 0.6 is 0 Å². The summed E-state index contributed by atoms with van der Waals surface area (Å²) >= 11 is 0. The lowest BCUT2D eigenvalue weighted by Gasteiger charge is -2.13. The van der Waals surface area contributed by atoms with E-state index in [2.05, 4.69) is 12.2 Å². The molecule has 1 aliphatic carbocycles. The lowest BCUT2D eigenvalue weighted by atomic mass is 10.2. The molecule has 0 amide bonds. The van der Waals surface area contributed by atoms with Gasteiger partial charge in [0.05, 0.1) is 6.10 Å². The van der Waals surface area contributed by atoms with Crippen molar-refractivity contribution >= 4 is 11.4 Å². The highest BCUT2D eigenvalue weighted by Gasteiger charge is 2.32. The third-order valence-electron chi connectivity index (χ3n) is 2.76. The lowest BCUT2D eigenvalue weighted by Crippen LogP contribution is -2.08. The molecule has 1 aromatic carbocycles. The van der Waals surface area contributed by atoms with Crippen LogP contribution in [0, 0.1) is 5.92 Å². The van der Waals surface area contributed by atoms with Crippen LogP contribution in [0.5, 0.6) is 5.75 Å². The number of anilines is 2. The molecular weight excluding hydrogens is 200 g/mol. The molecule has 0 aliphatic heterocycles. The fourth-order valence-electron chi connectivity index (χ4n) is 1.78. The number of ether oxygens (including phenoxy) is 1. The summed E-state index contributed by atoms with van der Waals surface area (Å²) in [5.74, 6) is 1.61. The van der Waals surface area contributed by atoms with Gasteiger partial charge >= 0.3 is 0 Å². The van der Waals surface area contributed by atoms with E-state index in [-0.39, 0.29) is 6.10 Å². The molecule has 3 heteroatoms. The summed E-state index contributed by atoms with van der Waals surface area (Å²) < 4.78 is 5.64. The Morgan fingerprint density at radius 3 is 2.62 bits per heavy atom. The summed E-state index contributed by atoms with van der Waals surface area (Å²) in [4.78, 5) is 0. The number of rotatable bonds is 4. The Labute approximate surface area is 97.0 Å². The average Bonchev–Trinajstić information content (AvgIpc) is 2.78. The zero-order chi connectivity index (χ0) is 11.7.